The Morgan fingerprint density at radius 3 is 2.86 bits per heavy atom. The third-order valence-electron chi connectivity index (χ3n) is 3.67. The molecule has 1 heterocycles. The molecule has 0 aliphatic carbocycles. The Morgan fingerprint density at radius 2 is 2.19 bits per heavy atom. The molecule has 0 amide bonds. The average Bonchev–Trinajstić information content (AvgIpc) is 2.46. The number of pyridine rings is 1. The second-order valence-electron chi connectivity index (χ2n) is 5.12. The van der Waals surface area contributed by atoms with Gasteiger partial charge in [-0.3, -0.25) is 14.7 Å². The van der Waals surface area contributed by atoms with Gasteiger partial charge in [-0.25, -0.2) is 0 Å². The molecule has 0 fully saturated rings. The standard InChI is InChI=1S/C16H19ClN2O2/c1-3-19(11(2)9-15(20)21)10-12-6-7-14(17)13-5-4-8-18-16(12)13/h4-8,11H,3,9-10H2,1-2H3,(H,20,21). The number of hydrogen-bond donors (Lipinski definition) is 1. The first-order chi connectivity index (χ1) is 10.0. The van der Waals surface area contributed by atoms with Gasteiger partial charge >= 0.3 is 5.97 Å². The second kappa shape index (κ2) is 6.87. The molecule has 0 saturated carbocycles. The van der Waals surface area contributed by atoms with Crippen LogP contribution in [0.25, 0.3) is 10.9 Å². The van der Waals surface area contributed by atoms with Crippen molar-refractivity contribution in [2.24, 2.45) is 0 Å². The van der Waals surface area contributed by atoms with Gasteiger partial charge in [-0.2, -0.15) is 0 Å². The number of carbonyl (C=O) groups is 1. The maximum atomic E-state index is 10.9. The predicted octanol–water partition coefficient (Wildman–Crippen LogP) is 3.57. The van der Waals surface area contributed by atoms with Crippen molar-refractivity contribution >= 4 is 28.5 Å². The minimum absolute atomic E-state index is 0.0260. The molecule has 2 rings (SSSR count). The van der Waals surface area contributed by atoms with E-state index in [1.54, 1.807) is 6.20 Å². The third-order valence-corrected chi connectivity index (χ3v) is 4.00. The quantitative estimate of drug-likeness (QED) is 0.886. The Kier molecular flexibility index (Phi) is 5.15. The highest BCUT2D eigenvalue weighted by atomic mass is 35.5. The summed E-state index contributed by atoms with van der Waals surface area (Å²) in [6.07, 6.45) is 1.88. The number of nitrogens with zero attached hydrogens (tertiary/aromatic N) is 2. The SMILES string of the molecule is CCN(Cc1ccc(Cl)c2cccnc12)C(C)CC(=O)O. The van der Waals surface area contributed by atoms with E-state index in [4.69, 9.17) is 16.7 Å². The lowest BCUT2D eigenvalue weighted by Gasteiger charge is -2.27. The topological polar surface area (TPSA) is 53.4 Å². The lowest BCUT2D eigenvalue weighted by atomic mass is 10.1. The molecule has 0 saturated heterocycles. The number of halogens is 1. The van der Waals surface area contributed by atoms with Crippen molar-refractivity contribution in [3.8, 4) is 0 Å². The van der Waals surface area contributed by atoms with Gasteiger partial charge in [0.05, 0.1) is 11.9 Å². The van der Waals surface area contributed by atoms with Gasteiger partial charge in [0.15, 0.2) is 0 Å². The largest absolute Gasteiger partial charge is 0.481 e. The Balaban J connectivity index is 2.30. The molecule has 1 N–H and O–H groups in total. The first-order valence-corrected chi connectivity index (χ1v) is 7.38. The van der Waals surface area contributed by atoms with E-state index >= 15 is 0 Å². The van der Waals surface area contributed by atoms with E-state index in [0.717, 1.165) is 23.0 Å². The summed E-state index contributed by atoms with van der Waals surface area (Å²) < 4.78 is 0. The molecular formula is C16H19ClN2O2. The van der Waals surface area contributed by atoms with Gasteiger partial charge in [-0.05, 0) is 37.2 Å². The molecule has 2 aromatic rings. The summed E-state index contributed by atoms with van der Waals surface area (Å²) in [6.45, 7) is 5.41. The number of rotatable bonds is 6. The number of aromatic nitrogens is 1. The molecule has 0 spiro atoms. The number of carboxylic acids is 1. The van der Waals surface area contributed by atoms with Crippen LogP contribution in [0.1, 0.15) is 25.8 Å². The number of fused-ring (bicyclic) bond motifs is 1. The molecule has 1 aromatic heterocycles. The lowest BCUT2D eigenvalue weighted by Crippen LogP contribution is -2.34. The van der Waals surface area contributed by atoms with Gasteiger partial charge < -0.3 is 5.11 Å². The van der Waals surface area contributed by atoms with E-state index in [9.17, 15) is 4.79 Å². The number of aliphatic carboxylic acids is 1. The molecule has 5 heteroatoms. The number of hydrogen-bond acceptors (Lipinski definition) is 3. The van der Waals surface area contributed by atoms with Crippen LogP contribution in [0.5, 0.6) is 0 Å². The fourth-order valence-corrected chi connectivity index (χ4v) is 2.72. The zero-order valence-electron chi connectivity index (χ0n) is 12.2. The fraction of sp³-hybridized carbons (Fsp3) is 0.375. The Morgan fingerprint density at radius 1 is 1.43 bits per heavy atom. The van der Waals surface area contributed by atoms with Crippen molar-refractivity contribution in [3.05, 3.63) is 41.0 Å². The first-order valence-electron chi connectivity index (χ1n) is 7.01. The van der Waals surface area contributed by atoms with E-state index in [0.29, 0.717) is 11.6 Å². The van der Waals surface area contributed by atoms with Crippen LogP contribution in [0.15, 0.2) is 30.5 Å². The zero-order valence-corrected chi connectivity index (χ0v) is 13.0. The highest BCUT2D eigenvalue weighted by Crippen LogP contribution is 2.26. The Bertz CT molecular complexity index is 645. The lowest BCUT2D eigenvalue weighted by molar-refractivity contribution is -0.138. The van der Waals surface area contributed by atoms with Crippen LogP contribution >= 0.6 is 11.6 Å². The molecule has 0 radical (unpaired) electrons. The summed E-state index contributed by atoms with van der Waals surface area (Å²) in [5.41, 5.74) is 1.94. The summed E-state index contributed by atoms with van der Waals surface area (Å²) in [5, 5.41) is 10.6. The Labute approximate surface area is 129 Å². The Hall–Kier alpha value is -1.65. The average molecular weight is 307 g/mol. The molecule has 0 bridgehead atoms. The van der Waals surface area contributed by atoms with Crippen molar-refractivity contribution in [2.45, 2.75) is 32.9 Å². The highest BCUT2D eigenvalue weighted by molar-refractivity contribution is 6.35. The minimum Gasteiger partial charge on any atom is -0.481 e. The van der Waals surface area contributed by atoms with Crippen LogP contribution in [0, 0.1) is 0 Å². The number of carboxylic acid groups (broad SMARTS) is 1. The van der Waals surface area contributed by atoms with Crippen molar-refractivity contribution in [1.82, 2.24) is 9.88 Å². The van der Waals surface area contributed by atoms with Gasteiger partial charge in [-0.1, -0.05) is 24.6 Å². The molecule has 21 heavy (non-hydrogen) atoms. The van der Waals surface area contributed by atoms with Crippen LogP contribution < -0.4 is 0 Å². The molecular weight excluding hydrogens is 288 g/mol. The van der Waals surface area contributed by atoms with Crippen molar-refractivity contribution in [2.75, 3.05) is 6.54 Å². The van der Waals surface area contributed by atoms with Gasteiger partial charge in [0.25, 0.3) is 0 Å². The maximum Gasteiger partial charge on any atom is 0.304 e. The van der Waals surface area contributed by atoms with Crippen LogP contribution in [0.2, 0.25) is 5.02 Å². The van der Waals surface area contributed by atoms with E-state index < -0.39 is 5.97 Å². The van der Waals surface area contributed by atoms with Gasteiger partial charge in [-0.15, -0.1) is 0 Å². The third kappa shape index (κ3) is 3.71. The monoisotopic (exact) mass is 306 g/mol. The van der Waals surface area contributed by atoms with Crippen molar-refractivity contribution in [1.29, 1.82) is 0 Å². The van der Waals surface area contributed by atoms with E-state index in [-0.39, 0.29) is 12.5 Å². The van der Waals surface area contributed by atoms with E-state index in [2.05, 4.69) is 9.88 Å². The summed E-state index contributed by atoms with van der Waals surface area (Å²) >= 11 is 6.20. The highest BCUT2D eigenvalue weighted by Gasteiger charge is 2.17. The van der Waals surface area contributed by atoms with Crippen LogP contribution in [0.4, 0.5) is 0 Å². The van der Waals surface area contributed by atoms with Crippen molar-refractivity contribution < 1.29 is 9.90 Å². The minimum atomic E-state index is -0.778. The molecule has 0 aliphatic rings. The summed E-state index contributed by atoms with van der Waals surface area (Å²) in [7, 11) is 0. The van der Waals surface area contributed by atoms with Gasteiger partial charge in [0.2, 0.25) is 0 Å². The van der Waals surface area contributed by atoms with E-state index in [1.165, 1.54) is 0 Å². The zero-order chi connectivity index (χ0) is 15.4. The van der Waals surface area contributed by atoms with E-state index in [1.807, 2.05) is 38.1 Å². The van der Waals surface area contributed by atoms with Crippen LogP contribution in [-0.4, -0.2) is 33.5 Å². The van der Waals surface area contributed by atoms with Crippen LogP contribution in [-0.2, 0) is 11.3 Å². The summed E-state index contributed by atoms with van der Waals surface area (Å²) in [5.74, 6) is -0.778. The molecule has 1 aromatic carbocycles. The fourth-order valence-electron chi connectivity index (χ4n) is 2.50. The van der Waals surface area contributed by atoms with Gasteiger partial charge in [0, 0.05) is 29.2 Å². The molecule has 1 unspecified atom stereocenters. The molecule has 1 atom stereocenters. The van der Waals surface area contributed by atoms with Crippen molar-refractivity contribution in [3.63, 3.8) is 0 Å². The smallest absolute Gasteiger partial charge is 0.304 e. The predicted molar refractivity (Wildman–Crippen MR) is 84.6 cm³/mol. The molecule has 0 aliphatic heterocycles. The number of benzene rings is 1. The normalized spacial score (nSPS) is 12.8. The molecule has 4 nitrogen and oxygen atoms in total. The second-order valence-corrected chi connectivity index (χ2v) is 5.52. The molecule has 112 valence electrons. The maximum absolute atomic E-state index is 10.9. The summed E-state index contributed by atoms with van der Waals surface area (Å²) in [6, 6.07) is 7.62. The first kappa shape index (κ1) is 15.7. The van der Waals surface area contributed by atoms with Crippen LogP contribution in [0.3, 0.4) is 0 Å². The van der Waals surface area contributed by atoms with Gasteiger partial charge in [0.1, 0.15) is 0 Å². The summed E-state index contributed by atoms with van der Waals surface area (Å²) in [4.78, 5) is 17.4.